The molecular weight excluding hydrogens is 304 g/mol. The Balaban J connectivity index is 2.60. The number of methoxy groups -OCH3 is 1. The number of rotatable bonds is 7. The van der Waals surface area contributed by atoms with Crippen molar-refractivity contribution in [3.8, 4) is 0 Å². The lowest BCUT2D eigenvalue weighted by Gasteiger charge is -2.14. The normalized spacial score (nSPS) is 11.2. The number of benzene rings is 1. The van der Waals surface area contributed by atoms with Crippen LogP contribution in [0.15, 0.2) is 29.3 Å². The van der Waals surface area contributed by atoms with Gasteiger partial charge in [-0.1, -0.05) is 23.7 Å². The van der Waals surface area contributed by atoms with Crippen molar-refractivity contribution < 1.29 is 9.53 Å². The summed E-state index contributed by atoms with van der Waals surface area (Å²) in [4.78, 5) is 17.6. The number of nitrogens with zero attached hydrogens (tertiary/aromatic N) is 2. The highest BCUT2D eigenvalue weighted by molar-refractivity contribution is 6.30. The molecular formula is C15H23ClN4O2. The molecule has 0 aliphatic carbocycles. The van der Waals surface area contributed by atoms with Crippen LogP contribution in [0.4, 0.5) is 0 Å². The third-order valence-corrected chi connectivity index (χ3v) is 3.09. The van der Waals surface area contributed by atoms with Crippen LogP contribution in [0.5, 0.6) is 0 Å². The lowest BCUT2D eigenvalue weighted by atomic mass is 10.2. The van der Waals surface area contributed by atoms with Gasteiger partial charge in [-0.2, -0.15) is 0 Å². The first-order chi connectivity index (χ1) is 10.5. The van der Waals surface area contributed by atoms with Gasteiger partial charge in [-0.05, 0) is 17.7 Å². The van der Waals surface area contributed by atoms with E-state index >= 15 is 0 Å². The van der Waals surface area contributed by atoms with E-state index in [1.165, 1.54) is 4.90 Å². The Labute approximate surface area is 136 Å². The quantitative estimate of drug-likeness (QED) is 0.447. The number of carbonyl (C=O) groups excluding carboxylic acids is 1. The van der Waals surface area contributed by atoms with Crippen LogP contribution in [-0.4, -0.2) is 57.7 Å². The monoisotopic (exact) mass is 326 g/mol. The Morgan fingerprint density at radius 2 is 1.95 bits per heavy atom. The van der Waals surface area contributed by atoms with Gasteiger partial charge in [0.05, 0.1) is 19.7 Å². The molecule has 0 heterocycles. The zero-order valence-corrected chi connectivity index (χ0v) is 14.0. The molecule has 0 saturated heterocycles. The van der Waals surface area contributed by atoms with Gasteiger partial charge in [0.25, 0.3) is 0 Å². The van der Waals surface area contributed by atoms with E-state index in [2.05, 4.69) is 15.6 Å². The number of carbonyl (C=O) groups is 1. The van der Waals surface area contributed by atoms with E-state index in [0.717, 1.165) is 5.56 Å². The summed E-state index contributed by atoms with van der Waals surface area (Å²) in [5.74, 6) is 0.551. The summed E-state index contributed by atoms with van der Waals surface area (Å²) in [6, 6.07) is 7.49. The fraction of sp³-hybridized carbons (Fsp3) is 0.467. The van der Waals surface area contributed by atoms with Gasteiger partial charge in [0.2, 0.25) is 5.91 Å². The van der Waals surface area contributed by atoms with Crippen molar-refractivity contribution in [1.29, 1.82) is 0 Å². The van der Waals surface area contributed by atoms with Gasteiger partial charge in [-0.3, -0.25) is 4.79 Å². The molecule has 7 heteroatoms. The zero-order chi connectivity index (χ0) is 16.4. The molecule has 1 aromatic carbocycles. The topological polar surface area (TPSA) is 66.0 Å². The van der Waals surface area contributed by atoms with Crippen LogP contribution in [-0.2, 0) is 16.1 Å². The molecule has 122 valence electrons. The van der Waals surface area contributed by atoms with Crippen molar-refractivity contribution in [2.24, 2.45) is 4.99 Å². The van der Waals surface area contributed by atoms with Crippen LogP contribution < -0.4 is 10.6 Å². The van der Waals surface area contributed by atoms with Gasteiger partial charge in [-0.15, -0.1) is 0 Å². The highest BCUT2D eigenvalue weighted by Crippen LogP contribution is 2.09. The lowest BCUT2D eigenvalue weighted by molar-refractivity contribution is -0.127. The Morgan fingerprint density at radius 1 is 1.27 bits per heavy atom. The average molecular weight is 327 g/mol. The number of ether oxygens (including phenoxy) is 1. The molecule has 1 amide bonds. The Bertz CT molecular complexity index is 489. The minimum absolute atomic E-state index is 0.0206. The highest BCUT2D eigenvalue weighted by atomic mass is 35.5. The minimum Gasteiger partial charge on any atom is -0.383 e. The van der Waals surface area contributed by atoms with E-state index in [1.54, 1.807) is 21.2 Å². The van der Waals surface area contributed by atoms with E-state index in [0.29, 0.717) is 30.7 Å². The molecule has 0 bridgehead atoms. The molecule has 0 aliphatic rings. The predicted molar refractivity (Wildman–Crippen MR) is 89.2 cm³/mol. The van der Waals surface area contributed by atoms with Crippen LogP contribution in [0.2, 0.25) is 5.02 Å². The number of guanidine groups is 1. The first-order valence-electron chi connectivity index (χ1n) is 6.98. The standard InChI is InChI=1S/C15H23ClN4O2/c1-20(2)14(21)11-19-15(17-8-9-22-3)18-10-12-4-6-13(16)7-5-12/h4-7H,8-11H2,1-3H3,(H2,17,18,19). The van der Waals surface area contributed by atoms with Gasteiger partial charge in [0, 0.05) is 32.8 Å². The number of amides is 1. The minimum atomic E-state index is -0.0206. The van der Waals surface area contributed by atoms with Crippen LogP contribution in [0, 0.1) is 0 Å². The van der Waals surface area contributed by atoms with Crippen molar-refractivity contribution in [3.63, 3.8) is 0 Å². The molecule has 0 fully saturated rings. The molecule has 2 N–H and O–H groups in total. The number of halogens is 1. The van der Waals surface area contributed by atoms with Crippen molar-refractivity contribution in [3.05, 3.63) is 34.9 Å². The van der Waals surface area contributed by atoms with Gasteiger partial charge in [0.15, 0.2) is 5.96 Å². The van der Waals surface area contributed by atoms with Crippen molar-refractivity contribution in [2.75, 3.05) is 40.9 Å². The third-order valence-electron chi connectivity index (χ3n) is 2.84. The maximum absolute atomic E-state index is 11.6. The summed E-state index contributed by atoms with van der Waals surface area (Å²) in [6.45, 7) is 1.85. The molecule has 0 aromatic heterocycles. The Hall–Kier alpha value is -1.79. The van der Waals surface area contributed by atoms with Crippen LogP contribution >= 0.6 is 11.6 Å². The second-order valence-corrected chi connectivity index (χ2v) is 5.29. The van der Waals surface area contributed by atoms with Gasteiger partial charge in [-0.25, -0.2) is 4.99 Å². The van der Waals surface area contributed by atoms with Gasteiger partial charge >= 0.3 is 0 Å². The second kappa shape index (κ2) is 10.0. The van der Waals surface area contributed by atoms with Crippen molar-refractivity contribution >= 4 is 23.5 Å². The smallest absolute Gasteiger partial charge is 0.241 e. The van der Waals surface area contributed by atoms with Crippen LogP contribution in [0.25, 0.3) is 0 Å². The van der Waals surface area contributed by atoms with Crippen molar-refractivity contribution in [2.45, 2.75) is 6.54 Å². The summed E-state index contributed by atoms with van der Waals surface area (Å²) in [5.41, 5.74) is 1.04. The van der Waals surface area contributed by atoms with Crippen LogP contribution in [0.1, 0.15) is 5.56 Å². The molecule has 0 radical (unpaired) electrons. The number of hydrogen-bond acceptors (Lipinski definition) is 3. The fourth-order valence-corrected chi connectivity index (χ4v) is 1.65. The molecule has 0 spiro atoms. The average Bonchev–Trinajstić information content (AvgIpc) is 2.50. The predicted octanol–water partition coefficient (Wildman–Crippen LogP) is 1.11. The lowest BCUT2D eigenvalue weighted by Crippen LogP contribution is -2.43. The van der Waals surface area contributed by atoms with E-state index in [-0.39, 0.29) is 12.5 Å². The number of aliphatic imine (C=N–C) groups is 1. The summed E-state index contributed by atoms with van der Waals surface area (Å²) >= 11 is 5.86. The first kappa shape index (κ1) is 18.3. The third kappa shape index (κ3) is 7.28. The molecule has 6 nitrogen and oxygen atoms in total. The fourth-order valence-electron chi connectivity index (χ4n) is 1.52. The number of nitrogens with one attached hydrogen (secondary N) is 2. The number of likely N-dealkylation sites (N-methyl/N-ethyl adjacent to an activating group) is 1. The number of hydrogen-bond donors (Lipinski definition) is 2. The largest absolute Gasteiger partial charge is 0.383 e. The Kier molecular flexibility index (Phi) is 8.32. The summed E-state index contributed by atoms with van der Waals surface area (Å²) in [7, 11) is 5.06. The molecule has 0 atom stereocenters. The molecule has 1 rings (SSSR count). The molecule has 1 aromatic rings. The summed E-state index contributed by atoms with van der Waals surface area (Å²) in [6.07, 6.45) is 0. The summed E-state index contributed by atoms with van der Waals surface area (Å²) in [5, 5.41) is 6.82. The van der Waals surface area contributed by atoms with Gasteiger partial charge in [0.1, 0.15) is 0 Å². The SMILES string of the molecule is COCCNC(=NCc1ccc(Cl)cc1)NCC(=O)N(C)C. The first-order valence-corrected chi connectivity index (χ1v) is 7.36. The van der Waals surface area contributed by atoms with Gasteiger partial charge < -0.3 is 20.3 Å². The molecule has 0 saturated carbocycles. The maximum atomic E-state index is 11.6. The zero-order valence-electron chi connectivity index (χ0n) is 13.2. The maximum Gasteiger partial charge on any atom is 0.241 e. The molecule has 0 aliphatic heterocycles. The summed E-state index contributed by atoms with van der Waals surface area (Å²) < 4.78 is 5.00. The van der Waals surface area contributed by atoms with E-state index in [1.807, 2.05) is 24.3 Å². The van der Waals surface area contributed by atoms with Crippen LogP contribution in [0.3, 0.4) is 0 Å². The highest BCUT2D eigenvalue weighted by Gasteiger charge is 2.05. The van der Waals surface area contributed by atoms with E-state index < -0.39 is 0 Å². The van der Waals surface area contributed by atoms with E-state index in [4.69, 9.17) is 16.3 Å². The van der Waals surface area contributed by atoms with E-state index in [9.17, 15) is 4.79 Å². The second-order valence-electron chi connectivity index (χ2n) is 4.85. The van der Waals surface area contributed by atoms with Crippen molar-refractivity contribution in [1.82, 2.24) is 15.5 Å². The molecule has 0 unspecified atom stereocenters. The Morgan fingerprint density at radius 3 is 2.55 bits per heavy atom. The molecule has 22 heavy (non-hydrogen) atoms.